The van der Waals surface area contributed by atoms with E-state index in [1.165, 1.54) is 12.1 Å². The number of anilines is 1. The molecular formula is C15H14ClFN2OS2. The van der Waals surface area contributed by atoms with Gasteiger partial charge in [0.15, 0.2) is 5.82 Å². The molecule has 1 aliphatic rings. The molecule has 2 amide bonds. The molecule has 1 fully saturated rings. The number of thiophene rings is 1. The van der Waals surface area contributed by atoms with Gasteiger partial charge < -0.3 is 10.2 Å². The van der Waals surface area contributed by atoms with E-state index in [0.717, 1.165) is 16.4 Å². The lowest BCUT2D eigenvalue weighted by molar-refractivity contribution is 0.197. The summed E-state index contributed by atoms with van der Waals surface area (Å²) < 4.78 is 13.9. The molecule has 2 heterocycles. The minimum atomic E-state index is -0.600. The molecule has 0 bridgehead atoms. The average Bonchev–Trinajstić information content (AvgIpc) is 3.06. The first-order chi connectivity index (χ1) is 10.7. The number of rotatable bonds is 2. The first kappa shape index (κ1) is 15.6. The SMILES string of the molecule is O=C(Nc1cccc(Cl)c1F)N1CCSC[C@H]1c1cccs1. The van der Waals surface area contributed by atoms with E-state index in [1.807, 2.05) is 29.3 Å². The maximum Gasteiger partial charge on any atom is 0.322 e. The van der Waals surface area contributed by atoms with E-state index in [9.17, 15) is 9.18 Å². The van der Waals surface area contributed by atoms with E-state index in [2.05, 4.69) is 5.32 Å². The zero-order valence-electron chi connectivity index (χ0n) is 11.6. The smallest absolute Gasteiger partial charge is 0.315 e. The summed E-state index contributed by atoms with van der Waals surface area (Å²) in [5.41, 5.74) is 0.112. The molecule has 0 spiro atoms. The van der Waals surface area contributed by atoms with Crippen LogP contribution in [0.3, 0.4) is 0 Å². The standard InChI is InChI=1S/C15H14ClFN2OS2/c16-10-3-1-4-11(14(10)17)18-15(20)19-6-8-21-9-12(19)13-5-2-7-22-13/h1-5,7,12H,6,8-9H2,(H,18,20)/t12-/m0/s1. The number of urea groups is 1. The Morgan fingerprint density at radius 2 is 2.23 bits per heavy atom. The van der Waals surface area contributed by atoms with Gasteiger partial charge in [0.1, 0.15) is 0 Å². The summed E-state index contributed by atoms with van der Waals surface area (Å²) in [4.78, 5) is 15.5. The number of nitrogens with one attached hydrogen (secondary N) is 1. The Labute approximate surface area is 141 Å². The van der Waals surface area contributed by atoms with Crippen molar-refractivity contribution in [1.29, 1.82) is 0 Å². The Kier molecular flexibility index (Phi) is 4.90. The summed E-state index contributed by atoms with van der Waals surface area (Å²) >= 11 is 9.21. The van der Waals surface area contributed by atoms with Gasteiger partial charge in [-0.15, -0.1) is 11.3 Å². The highest BCUT2D eigenvalue weighted by Gasteiger charge is 2.29. The van der Waals surface area contributed by atoms with Gasteiger partial charge in [-0.1, -0.05) is 23.7 Å². The van der Waals surface area contributed by atoms with E-state index in [0.29, 0.717) is 6.54 Å². The van der Waals surface area contributed by atoms with Crippen LogP contribution in [0, 0.1) is 5.82 Å². The molecule has 3 nitrogen and oxygen atoms in total. The molecule has 1 N–H and O–H groups in total. The van der Waals surface area contributed by atoms with Crippen molar-refractivity contribution in [1.82, 2.24) is 4.90 Å². The molecule has 116 valence electrons. The first-order valence-electron chi connectivity index (χ1n) is 6.79. The molecular weight excluding hydrogens is 343 g/mol. The minimum Gasteiger partial charge on any atom is -0.315 e. The molecule has 0 radical (unpaired) electrons. The summed E-state index contributed by atoms with van der Waals surface area (Å²) in [7, 11) is 0. The Morgan fingerprint density at radius 1 is 1.36 bits per heavy atom. The zero-order valence-corrected chi connectivity index (χ0v) is 14.0. The normalized spacial score (nSPS) is 18.3. The molecule has 22 heavy (non-hydrogen) atoms. The van der Waals surface area contributed by atoms with Gasteiger partial charge in [-0.2, -0.15) is 11.8 Å². The van der Waals surface area contributed by atoms with Crippen LogP contribution in [0.1, 0.15) is 10.9 Å². The molecule has 2 aromatic rings. The van der Waals surface area contributed by atoms with Crippen LogP contribution in [0.15, 0.2) is 35.7 Å². The van der Waals surface area contributed by atoms with Crippen LogP contribution in [-0.2, 0) is 0 Å². The first-order valence-corrected chi connectivity index (χ1v) is 9.21. The third-order valence-corrected chi connectivity index (χ3v) is 5.74. The summed E-state index contributed by atoms with van der Waals surface area (Å²) in [5.74, 6) is 1.14. The van der Waals surface area contributed by atoms with Crippen molar-refractivity contribution in [3.05, 3.63) is 51.4 Å². The van der Waals surface area contributed by atoms with Crippen LogP contribution in [0.4, 0.5) is 14.9 Å². The molecule has 1 aromatic carbocycles. The van der Waals surface area contributed by atoms with E-state index >= 15 is 0 Å². The number of halogens is 2. The van der Waals surface area contributed by atoms with E-state index < -0.39 is 5.82 Å². The molecule has 1 aliphatic heterocycles. The Hall–Kier alpha value is -1.24. The van der Waals surface area contributed by atoms with Crippen LogP contribution < -0.4 is 5.32 Å². The van der Waals surface area contributed by atoms with Gasteiger partial charge in [-0.3, -0.25) is 0 Å². The molecule has 7 heteroatoms. The average molecular weight is 357 g/mol. The summed E-state index contributed by atoms with van der Waals surface area (Å²) in [6.07, 6.45) is 0. The van der Waals surface area contributed by atoms with Crippen LogP contribution in [-0.4, -0.2) is 29.0 Å². The van der Waals surface area contributed by atoms with Crippen molar-refractivity contribution in [2.24, 2.45) is 0 Å². The van der Waals surface area contributed by atoms with Gasteiger partial charge in [-0.05, 0) is 23.6 Å². The van der Waals surface area contributed by atoms with E-state index in [4.69, 9.17) is 11.6 Å². The number of benzene rings is 1. The molecule has 3 rings (SSSR count). The largest absolute Gasteiger partial charge is 0.322 e. The van der Waals surface area contributed by atoms with Crippen molar-refractivity contribution in [3.63, 3.8) is 0 Å². The maximum atomic E-state index is 13.9. The number of carbonyl (C=O) groups is 1. The van der Waals surface area contributed by atoms with Gasteiger partial charge in [0.2, 0.25) is 0 Å². The molecule has 0 unspecified atom stereocenters. The topological polar surface area (TPSA) is 32.3 Å². The second-order valence-electron chi connectivity index (χ2n) is 4.83. The number of hydrogen-bond acceptors (Lipinski definition) is 3. The van der Waals surface area contributed by atoms with Crippen LogP contribution >= 0.6 is 34.7 Å². The molecule has 1 saturated heterocycles. The quantitative estimate of drug-likeness (QED) is 0.833. The molecule has 0 aliphatic carbocycles. The lowest BCUT2D eigenvalue weighted by atomic mass is 10.2. The van der Waals surface area contributed by atoms with Crippen molar-refractivity contribution < 1.29 is 9.18 Å². The summed E-state index contributed by atoms with van der Waals surface area (Å²) in [6.45, 7) is 0.640. The van der Waals surface area contributed by atoms with Crippen molar-refractivity contribution >= 4 is 46.4 Å². The van der Waals surface area contributed by atoms with Crippen molar-refractivity contribution in [2.75, 3.05) is 23.4 Å². The molecule has 0 saturated carbocycles. The van der Waals surface area contributed by atoms with E-state index in [1.54, 1.807) is 22.3 Å². The summed E-state index contributed by atoms with van der Waals surface area (Å²) in [5, 5.41) is 4.64. The monoisotopic (exact) mass is 356 g/mol. The van der Waals surface area contributed by atoms with Gasteiger partial charge in [0.25, 0.3) is 0 Å². The highest BCUT2D eigenvalue weighted by molar-refractivity contribution is 7.99. The predicted octanol–water partition coefficient (Wildman–Crippen LogP) is 4.86. The van der Waals surface area contributed by atoms with E-state index in [-0.39, 0.29) is 22.8 Å². The van der Waals surface area contributed by atoms with Crippen molar-refractivity contribution in [3.8, 4) is 0 Å². The third-order valence-electron chi connectivity index (χ3n) is 3.45. The minimum absolute atomic E-state index is 0.00167. The lowest BCUT2D eigenvalue weighted by Gasteiger charge is -2.34. The molecule has 1 atom stereocenters. The van der Waals surface area contributed by atoms with Gasteiger partial charge in [-0.25, -0.2) is 9.18 Å². The predicted molar refractivity (Wildman–Crippen MR) is 91.5 cm³/mol. The van der Waals surface area contributed by atoms with Gasteiger partial charge in [0, 0.05) is 22.9 Å². The van der Waals surface area contributed by atoms with Crippen LogP contribution in [0.5, 0.6) is 0 Å². The molecule has 1 aromatic heterocycles. The Bertz CT molecular complexity index is 666. The Morgan fingerprint density at radius 3 is 3.00 bits per heavy atom. The zero-order chi connectivity index (χ0) is 15.5. The van der Waals surface area contributed by atoms with Crippen molar-refractivity contribution in [2.45, 2.75) is 6.04 Å². The lowest BCUT2D eigenvalue weighted by Crippen LogP contribution is -2.43. The van der Waals surface area contributed by atoms with Gasteiger partial charge >= 0.3 is 6.03 Å². The van der Waals surface area contributed by atoms with Crippen LogP contribution in [0.25, 0.3) is 0 Å². The van der Waals surface area contributed by atoms with Gasteiger partial charge in [0.05, 0.1) is 16.8 Å². The number of carbonyl (C=O) groups excluding carboxylic acids is 1. The number of amides is 2. The maximum absolute atomic E-state index is 13.9. The summed E-state index contributed by atoms with van der Waals surface area (Å²) in [6, 6.07) is 8.33. The fourth-order valence-electron chi connectivity index (χ4n) is 2.35. The number of thioether (sulfide) groups is 1. The third kappa shape index (κ3) is 3.24. The number of nitrogens with zero attached hydrogens (tertiary/aromatic N) is 1. The number of hydrogen-bond donors (Lipinski definition) is 1. The highest BCUT2D eigenvalue weighted by atomic mass is 35.5. The fourth-order valence-corrected chi connectivity index (χ4v) is 4.55. The second kappa shape index (κ2) is 6.89. The fraction of sp³-hybridized carbons (Fsp3) is 0.267. The second-order valence-corrected chi connectivity index (χ2v) is 7.37. The Balaban J connectivity index is 1.79. The van der Waals surface area contributed by atoms with Crippen LogP contribution in [0.2, 0.25) is 5.02 Å². The highest BCUT2D eigenvalue weighted by Crippen LogP contribution is 2.33.